The first-order chi connectivity index (χ1) is 14.7. The van der Waals surface area contributed by atoms with Gasteiger partial charge in [-0.2, -0.15) is 4.98 Å². The van der Waals surface area contributed by atoms with E-state index in [-0.39, 0.29) is 6.23 Å². The van der Waals surface area contributed by atoms with Crippen LogP contribution in [0.5, 0.6) is 5.88 Å². The molecule has 0 unspecified atom stereocenters. The number of nitrogens with zero attached hydrogens (tertiary/aromatic N) is 3. The second-order valence-corrected chi connectivity index (χ2v) is 9.58. The molecule has 3 atom stereocenters. The summed E-state index contributed by atoms with van der Waals surface area (Å²) < 4.78 is 6.50. The highest BCUT2D eigenvalue weighted by Crippen LogP contribution is 2.40. The van der Waals surface area contributed by atoms with E-state index >= 15 is 0 Å². The number of fused-ring (bicyclic) bond motifs is 3. The number of hydrogen-bond donors (Lipinski definition) is 1. The largest absolute Gasteiger partial charge is 0.452 e. The van der Waals surface area contributed by atoms with Gasteiger partial charge in [0.1, 0.15) is 0 Å². The molecule has 5 nitrogen and oxygen atoms in total. The number of thioether (sulfide) groups is 1. The summed E-state index contributed by atoms with van der Waals surface area (Å²) in [5.74, 6) is 2.54. The normalized spacial score (nSPS) is 22.8. The van der Waals surface area contributed by atoms with E-state index in [1.54, 1.807) is 11.8 Å². The lowest BCUT2D eigenvalue weighted by Crippen LogP contribution is -2.39. The summed E-state index contributed by atoms with van der Waals surface area (Å²) in [6, 6.07) is 8.23. The van der Waals surface area contributed by atoms with Gasteiger partial charge >= 0.3 is 0 Å². The summed E-state index contributed by atoms with van der Waals surface area (Å²) in [6.45, 7) is 6.77. The molecular weight excluding hydrogens is 392 g/mol. The van der Waals surface area contributed by atoms with Crippen LogP contribution in [0.2, 0.25) is 0 Å². The number of hydrogen-bond acceptors (Lipinski definition) is 6. The molecule has 0 fully saturated rings. The molecule has 1 aromatic heterocycles. The third kappa shape index (κ3) is 4.80. The number of unbranched alkanes of at least 4 members (excludes halogenated alkanes) is 3. The van der Waals surface area contributed by atoms with Gasteiger partial charge in [-0.25, -0.2) is 0 Å². The summed E-state index contributed by atoms with van der Waals surface area (Å²) in [5.41, 5.74) is 4.24. The van der Waals surface area contributed by atoms with E-state index < -0.39 is 0 Å². The van der Waals surface area contributed by atoms with Crippen molar-refractivity contribution < 1.29 is 4.74 Å². The van der Waals surface area contributed by atoms with Crippen molar-refractivity contribution in [3.05, 3.63) is 35.9 Å². The number of nitrogens with one attached hydrogen (secondary N) is 1. The smallest absolute Gasteiger partial charge is 0.247 e. The van der Waals surface area contributed by atoms with Crippen molar-refractivity contribution in [1.82, 2.24) is 15.2 Å². The lowest BCUT2D eigenvalue weighted by molar-refractivity contribution is 0.114. The van der Waals surface area contributed by atoms with Crippen molar-refractivity contribution in [2.24, 2.45) is 11.8 Å². The minimum Gasteiger partial charge on any atom is -0.452 e. The number of anilines is 1. The van der Waals surface area contributed by atoms with Crippen LogP contribution in [-0.4, -0.2) is 27.2 Å². The van der Waals surface area contributed by atoms with Gasteiger partial charge in [0.2, 0.25) is 11.0 Å². The van der Waals surface area contributed by atoms with Crippen LogP contribution in [0.3, 0.4) is 0 Å². The van der Waals surface area contributed by atoms with Crippen LogP contribution in [0.4, 0.5) is 5.69 Å². The fourth-order valence-electron chi connectivity index (χ4n) is 4.35. The van der Waals surface area contributed by atoms with Gasteiger partial charge in [0.15, 0.2) is 11.9 Å². The highest BCUT2D eigenvalue weighted by Gasteiger charge is 2.34. The molecule has 2 heterocycles. The van der Waals surface area contributed by atoms with Crippen LogP contribution < -0.4 is 10.1 Å². The molecule has 6 heteroatoms. The Balaban J connectivity index is 1.59. The molecule has 0 amide bonds. The van der Waals surface area contributed by atoms with E-state index in [0.29, 0.717) is 22.9 Å². The molecule has 1 aliphatic heterocycles. The van der Waals surface area contributed by atoms with Crippen LogP contribution in [-0.2, 0) is 0 Å². The van der Waals surface area contributed by atoms with Crippen molar-refractivity contribution in [3.63, 3.8) is 0 Å². The number of para-hydroxylation sites is 1. The highest BCUT2D eigenvalue weighted by atomic mass is 32.2. The Bertz CT molecular complexity index is 901. The third-order valence-corrected chi connectivity index (χ3v) is 7.01. The fraction of sp³-hybridized carbons (Fsp3) is 0.542. The first-order valence-corrected chi connectivity index (χ1v) is 12.2. The molecule has 0 saturated heterocycles. The van der Waals surface area contributed by atoms with Crippen molar-refractivity contribution in [2.45, 2.75) is 70.7 Å². The lowest BCUT2D eigenvalue weighted by atomic mass is 9.80. The molecule has 160 valence electrons. The number of rotatable bonds is 7. The van der Waals surface area contributed by atoms with Gasteiger partial charge in [-0.05, 0) is 38.2 Å². The van der Waals surface area contributed by atoms with Crippen molar-refractivity contribution in [1.29, 1.82) is 0 Å². The second-order valence-electron chi connectivity index (χ2n) is 8.52. The Kier molecular flexibility index (Phi) is 6.93. The molecule has 0 radical (unpaired) electrons. The SMILES string of the molecule is CCCCCCSc1nnc2c(n1)O[C@H]([C@@H]1CC=C(C)C[C@H]1C)Nc1ccccc1-2. The zero-order chi connectivity index (χ0) is 20.9. The first-order valence-electron chi connectivity index (χ1n) is 11.2. The summed E-state index contributed by atoms with van der Waals surface area (Å²) in [6.07, 6.45) is 9.31. The van der Waals surface area contributed by atoms with Gasteiger partial charge in [0.05, 0.1) is 0 Å². The zero-order valence-electron chi connectivity index (χ0n) is 18.2. The average molecular weight is 425 g/mol. The zero-order valence-corrected chi connectivity index (χ0v) is 19.0. The number of ether oxygens (including phenoxy) is 1. The van der Waals surface area contributed by atoms with Gasteiger partial charge in [0.25, 0.3) is 0 Å². The maximum absolute atomic E-state index is 6.50. The monoisotopic (exact) mass is 424 g/mol. The van der Waals surface area contributed by atoms with Crippen LogP contribution in [0, 0.1) is 11.8 Å². The number of benzene rings is 1. The Morgan fingerprint density at radius 3 is 2.87 bits per heavy atom. The van der Waals surface area contributed by atoms with Gasteiger partial charge < -0.3 is 10.1 Å². The Hall–Kier alpha value is -2.08. The molecule has 2 aliphatic rings. The second kappa shape index (κ2) is 9.82. The lowest BCUT2D eigenvalue weighted by Gasteiger charge is -2.34. The van der Waals surface area contributed by atoms with Crippen molar-refractivity contribution in [3.8, 4) is 17.1 Å². The minimum absolute atomic E-state index is 0.133. The van der Waals surface area contributed by atoms with Crippen LogP contribution in [0.25, 0.3) is 11.3 Å². The molecule has 2 aromatic rings. The van der Waals surface area contributed by atoms with Crippen LogP contribution in [0.15, 0.2) is 41.1 Å². The molecule has 1 aliphatic carbocycles. The Morgan fingerprint density at radius 2 is 2.03 bits per heavy atom. The summed E-state index contributed by atoms with van der Waals surface area (Å²) in [7, 11) is 0. The highest BCUT2D eigenvalue weighted by molar-refractivity contribution is 7.99. The van der Waals surface area contributed by atoms with Crippen LogP contribution in [0.1, 0.15) is 59.3 Å². The van der Waals surface area contributed by atoms with E-state index in [0.717, 1.165) is 35.5 Å². The molecule has 30 heavy (non-hydrogen) atoms. The van der Waals surface area contributed by atoms with E-state index in [2.05, 4.69) is 54.5 Å². The maximum Gasteiger partial charge on any atom is 0.247 e. The van der Waals surface area contributed by atoms with E-state index in [9.17, 15) is 0 Å². The molecule has 0 spiro atoms. The van der Waals surface area contributed by atoms with Gasteiger partial charge in [-0.3, -0.25) is 0 Å². The van der Waals surface area contributed by atoms with Crippen molar-refractivity contribution >= 4 is 17.4 Å². The Morgan fingerprint density at radius 1 is 1.17 bits per heavy atom. The molecule has 4 rings (SSSR count). The quantitative estimate of drug-likeness (QED) is 0.318. The number of allylic oxidation sites excluding steroid dienone is 2. The van der Waals surface area contributed by atoms with Crippen molar-refractivity contribution in [2.75, 3.05) is 11.1 Å². The molecule has 1 aromatic carbocycles. The molecular formula is C24H32N4OS. The molecule has 1 N–H and O–H groups in total. The molecule has 0 bridgehead atoms. The van der Waals surface area contributed by atoms with Gasteiger partial charge in [-0.15, -0.1) is 10.2 Å². The molecule has 0 saturated carbocycles. The Labute approximate surface area is 184 Å². The fourth-order valence-corrected chi connectivity index (χ4v) is 5.13. The van der Waals surface area contributed by atoms with Gasteiger partial charge in [-0.1, -0.05) is 74.7 Å². The minimum atomic E-state index is -0.133. The first kappa shape index (κ1) is 21.2. The predicted octanol–water partition coefficient (Wildman–Crippen LogP) is 6.33. The van der Waals surface area contributed by atoms with E-state index in [4.69, 9.17) is 9.72 Å². The topological polar surface area (TPSA) is 59.9 Å². The predicted molar refractivity (Wildman–Crippen MR) is 124 cm³/mol. The average Bonchev–Trinajstić information content (AvgIpc) is 2.90. The standard InChI is InChI=1S/C24H32N4OS/c1-4-5-6-9-14-30-24-26-23-21(27-28-24)19-10-7-8-11-20(19)25-22(29-23)18-13-12-16(2)15-17(18)3/h7-8,10-12,17-18,22,25H,4-6,9,13-15H2,1-3H3/t17-,18-,22-/m1/s1. The van der Waals surface area contributed by atoms with Gasteiger partial charge in [0, 0.05) is 22.9 Å². The van der Waals surface area contributed by atoms with Crippen LogP contribution >= 0.6 is 11.8 Å². The van der Waals surface area contributed by atoms with E-state index in [1.165, 1.54) is 31.3 Å². The number of aromatic nitrogens is 3. The summed E-state index contributed by atoms with van der Waals surface area (Å²) in [5, 5.41) is 13.3. The summed E-state index contributed by atoms with van der Waals surface area (Å²) >= 11 is 1.67. The summed E-state index contributed by atoms with van der Waals surface area (Å²) in [4.78, 5) is 4.79. The van der Waals surface area contributed by atoms with E-state index in [1.807, 2.05) is 12.1 Å². The third-order valence-electron chi connectivity index (χ3n) is 6.09. The maximum atomic E-state index is 6.50.